The van der Waals surface area contributed by atoms with Gasteiger partial charge in [0.1, 0.15) is 5.60 Å². The van der Waals surface area contributed by atoms with E-state index in [2.05, 4.69) is 27.1 Å². The Kier molecular flexibility index (Phi) is 7.51. The smallest absolute Gasteiger partial charge is 0.319 e. The molecule has 1 fully saturated rings. The summed E-state index contributed by atoms with van der Waals surface area (Å²) in [5, 5.41) is 6.62. The van der Waals surface area contributed by atoms with Crippen molar-refractivity contribution in [2.24, 2.45) is 0 Å². The van der Waals surface area contributed by atoms with Crippen LogP contribution in [0, 0.1) is 0 Å². The monoisotopic (exact) mass is 458 g/mol. The van der Waals surface area contributed by atoms with E-state index < -0.39 is 0 Å². The van der Waals surface area contributed by atoms with Gasteiger partial charge in [0.25, 0.3) is 0 Å². The minimum absolute atomic E-state index is 0.00144. The molecular weight excluding hydrogens is 428 g/mol. The van der Waals surface area contributed by atoms with Gasteiger partial charge in [0.2, 0.25) is 5.88 Å². The minimum atomic E-state index is -0.332. The number of amides is 2. The Hall–Kier alpha value is -2.93. The molecule has 0 aliphatic carbocycles. The van der Waals surface area contributed by atoms with Gasteiger partial charge < -0.3 is 25.0 Å². The van der Waals surface area contributed by atoms with Crippen LogP contribution in [0.1, 0.15) is 38.7 Å². The third-order valence-electron chi connectivity index (χ3n) is 5.20. The van der Waals surface area contributed by atoms with Crippen LogP contribution in [0.2, 0.25) is 5.02 Å². The molecule has 1 aliphatic heterocycles. The summed E-state index contributed by atoms with van der Waals surface area (Å²) in [7, 11) is 1.59. The molecule has 1 aromatic carbocycles. The molecule has 0 saturated carbocycles. The number of urea groups is 1. The fourth-order valence-corrected chi connectivity index (χ4v) is 3.83. The van der Waals surface area contributed by atoms with E-state index in [1.807, 2.05) is 32.9 Å². The molecule has 2 atom stereocenters. The molecule has 172 valence electrons. The van der Waals surface area contributed by atoms with E-state index in [0.717, 1.165) is 18.5 Å². The first-order valence-corrected chi connectivity index (χ1v) is 11.0. The maximum absolute atomic E-state index is 12.7. The zero-order chi connectivity index (χ0) is 23.3. The SMILES string of the molecule is C=C(OC(C)(C)C)N1CC[C@@H](NC(=O)Nc2ccc(Cl)cc2)[C@H](c2ccc(OC)nc2)C1. The number of methoxy groups -OCH3 is 1. The van der Waals surface area contributed by atoms with Crippen molar-refractivity contribution < 1.29 is 14.3 Å². The van der Waals surface area contributed by atoms with Gasteiger partial charge in [-0.3, -0.25) is 0 Å². The van der Waals surface area contributed by atoms with Crippen LogP contribution in [0.4, 0.5) is 10.5 Å². The van der Waals surface area contributed by atoms with Crippen molar-refractivity contribution in [3.8, 4) is 5.88 Å². The first kappa shape index (κ1) is 23.7. The number of aromatic nitrogens is 1. The fraction of sp³-hybridized carbons (Fsp3) is 0.417. The number of carbonyl (C=O) groups is 1. The summed E-state index contributed by atoms with van der Waals surface area (Å²) in [6.07, 6.45) is 2.53. The third-order valence-corrected chi connectivity index (χ3v) is 5.46. The predicted octanol–water partition coefficient (Wildman–Crippen LogP) is 5.01. The molecule has 1 aliphatic rings. The molecule has 32 heavy (non-hydrogen) atoms. The summed E-state index contributed by atoms with van der Waals surface area (Å²) >= 11 is 5.93. The van der Waals surface area contributed by atoms with Crippen molar-refractivity contribution in [2.45, 2.75) is 44.8 Å². The Balaban J connectivity index is 1.74. The highest BCUT2D eigenvalue weighted by atomic mass is 35.5. The van der Waals surface area contributed by atoms with Crippen LogP contribution in [-0.2, 0) is 4.74 Å². The van der Waals surface area contributed by atoms with Gasteiger partial charge >= 0.3 is 6.03 Å². The van der Waals surface area contributed by atoms with Gasteiger partial charge in [-0.05, 0) is 63.6 Å². The van der Waals surface area contributed by atoms with Crippen molar-refractivity contribution in [1.29, 1.82) is 0 Å². The van der Waals surface area contributed by atoms with Gasteiger partial charge in [0.05, 0.1) is 7.11 Å². The summed E-state index contributed by atoms with van der Waals surface area (Å²) in [5.41, 5.74) is 1.36. The standard InChI is InChI=1S/C24H31ClN4O3/c1-16(32-24(2,3)4)29-13-12-21(20(15-29)17-6-11-22(31-5)26-14-17)28-23(30)27-19-9-7-18(25)8-10-19/h6-11,14,20-21H,1,12-13,15H2,2-5H3,(H2,27,28,30)/t20-,21+/m0/s1. The maximum atomic E-state index is 12.7. The second-order valence-electron chi connectivity index (χ2n) is 8.80. The molecule has 2 heterocycles. The van der Waals surface area contributed by atoms with Crippen molar-refractivity contribution in [2.75, 3.05) is 25.5 Å². The number of nitrogens with zero attached hydrogens (tertiary/aromatic N) is 2. The molecule has 2 N–H and O–H groups in total. The Labute approximate surface area is 194 Å². The quantitative estimate of drug-likeness (QED) is 0.595. The lowest BCUT2D eigenvalue weighted by Crippen LogP contribution is -2.50. The van der Waals surface area contributed by atoms with Crippen molar-refractivity contribution in [3.63, 3.8) is 0 Å². The van der Waals surface area contributed by atoms with E-state index in [1.165, 1.54) is 0 Å². The summed E-state index contributed by atoms with van der Waals surface area (Å²) < 4.78 is 11.2. The topological polar surface area (TPSA) is 75.7 Å². The van der Waals surface area contributed by atoms with Crippen molar-refractivity contribution in [1.82, 2.24) is 15.2 Å². The molecule has 0 spiro atoms. The number of hydrogen-bond acceptors (Lipinski definition) is 5. The van der Waals surface area contributed by atoms with E-state index in [0.29, 0.717) is 29.0 Å². The molecule has 8 heteroatoms. The minimum Gasteiger partial charge on any atom is -0.481 e. The summed E-state index contributed by atoms with van der Waals surface area (Å²) in [4.78, 5) is 19.2. The molecule has 1 saturated heterocycles. The number of hydrogen-bond donors (Lipinski definition) is 2. The van der Waals surface area contributed by atoms with E-state index in [4.69, 9.17) is 21.1 Å². The second kappa shape index (κ2) is 10.1. The van der Waals surface area contributed by atoms with E-state index >= 15 is 0 Å². The molecule has 7 nitrogen and oxygen atoms in total. The number of ether oxygens (including phenoxy) is 2. The molecule has 1 aromatic heterocycles. The summed E-state index contributed by atoms with van der Waals surface area (Å²) in [5.74, 6) is 1.18. The normalized spacial score (nSPS) is 18.6. The Morgan fingerprint density at radius 3 is 2.53 bits per heavy atom. The van der Waals surface area contributed by atoms with Gasteiger partial charge in [0.15, 0.2) is 5.88 Å². The van der Waals surface area contributed by atoms with E-state index in [9.17, 15) is 4.79 Å². The third kappa shape index (κ3) is 6.53. The number of carbonyl (C=O) groups excluding carboxylic acids is 1. The highest BCUT2D eigenvalue weighted by molar-refractivity contribution is 6.30. The average molecular weight is 459 g/mol. The number of anilines is 1. The van der Waals surface area contributed by atoms with Crippen LogP contribution in [0.25, 0.3) is 0 Å². The van der Waals surface area contributed by atoms with Crippen LogP contribution in [0.3, 0.4) is 0 Å². The highest BCUT2D eigenvalue weighted by Gasteiger charge is 2.33. The second-order valence-corrected chi connectivity index (χ2v) is 9.23. The number of halogens is 1. The Morgan fingerprint density at radius 2 is 1.94 bits per heavy atom. The first-order chi connectivity index (χ1) is 15.1. The Morgan fingerprint density at radius 1 is 1.22 bits per heavy atom. The lowest BCUT2D eigenvalue weighted by atomic mass is 9.87. The number of likely N-dealkylation sites (tertiary alicyclic amines) is 1. The molecule has 0 unspecified atom stereocenters. The summed E-state index contributed by atoms with van der Waals surface area (Å²) in [6.45, 7) is 11.5. The number of piperidine rings is 1. The fourth-order valence-electron chi connectivity index (χ4n) is 3.71. The maximum Gasteiger partial charge on any atom is 0.319 e. The Bertz CT molecular complexity index is 926. The zero-order valence-corrected chi connectivity index (χ0v) is 19.8. The molecule has 0 bridgehead atoms. The van der Waals surface area contributed by atoms with Crippen LogP contribution >= 0.6 is 11.6 Å². The molecule has 3 rings (SSSR count). The molecule has 0 radical (unpaired) electrons. The average Bonchev–Trinajstić information content (AvgIpc) is 2.74. The van der Waals surface area contributed by atoms with Crippen molar-refractivity contribution >= 4 is 23.3 Å². The first-order valence-electron chi connectivity index (χ1n) is 10.6. The summed E-state index contributed by atoms with van der Waals surface area (Å²) in [6, 6.07) is 10.5. The molecular formula is C24H31ClN4O3. The van der Waals surface area contributed by atoms with E-state index in [1.54, 1.807) is 37.6 Å². The van der Waals surface area contributed by atoms with Gasteiger partial charge in [-0.1, -0.05) is 17.7 Å². The van der Waals surface area contributed by atoms with Gasteiger partial charge in [-0.25, -0.2) is 9.78 Å². The zero-order valence-electron chi connectivity index (χ0n) is 19.0. The van der Waals surface area contributed by atoms with Gasteiger partial charge in [-0.2, -0.15) is 0 Å². The number of benzene rings is 1. The van der Waals surface area contributed by atoms with Gasteiger partial charge in [0, 0.05) is 48.0 Å². The van der Waals surface area contributed by atoms with Crippen LogP contribution in [0.15, 0.2) is 55.1 Å². The number of rotatable bonds is 6. The largest absolute Gasteiger partial charge is 0.481 e. The van der Waals surface area contributed by atoms with E-state index in [-0.39, 0.29) is 23.6 Å². The number of pyridine rings is 1. The van der Waals surface area contributed by atoms with Crippen LogP contribution in [-0.4, -0.2) is 47.8 Å². The highest BCUT2D eigenvalue weighted by Crippen LogP contribution is 2.31. The van der Waals surface area contributed by atoms with Crippen LogP contribution < -0.4 is 15.4 Å². The molecule has 2 aromatic rings. The predicted molar refractivity (Wildman–Crippen MR) is 127 cm³/mol. The lowest BCUT2D eigenvalue weighted by molar-refractivity contribution is -0.00599. The van der Waals surface area contributed by atoms with Gasteiger partial charge in [-0.15, -0.1) is 0 Å². The number of nitrogens with one attached hydrogen (secondary N) is 2. The van der Waals surface area contributed by atoms with Crippen LogP contribution in [0.5, 0.6) is 5.88 Å². The molecule has 2 amide bonds. The lowest BCUT2D eigenvalue weighted by Gasteiger charge is -2.41. The van der Waals surface area contributed by atoms with Crippen molar-refractivity contribution in [3.05, 3.63) is 65.6 Å².